The summed E-state index contributed by atoms with van der Waals surface area (Å²) in [6.07, 6.45) is 8.23. The summed E-state index contributed by atoms with van der Waals surface area (Å²) in [6.45, 7) is 1.99. The van der Waals surface area contributed by atoms with Crippen LogP contribution in [0, 0.1) is 0 Å². The second-order valence-electron chi connectivity index (χ2n) is 5.68. The van der Waals surface area contributed by atoms with Crippen LogP contribution in [0.1, 0.15) is 30.6 Å². The maximum atomic E-state index is 12.2. The predicted octanol–water partition coefficient (Wildman–Crippen LogP) is 3.08. The molecule has 5 heteroatoms. The molecule has 0 radical (unpaired) electrons. The van der Waals surface area contributed by atoms with E-state index in [2.05, 4.69) is 21.4 Å². The standard InChI is InChI=1S/C19H20N4O/c1-15(22-19(24)9-8-17-6-2-3-10-21-17)16-5-4-7-18(13-16)23-12-11-20-14-23/h2-7,10-15H,8-9H2,1H3,(H,22,24)/t15-/m0/s1. The van der Waals surface area contributed by atoms with Gasteiger partial charge >= 0.3 is 0 Å². The highest BCUT2D eigenvalue weighted by molar-refractivity contribution is 5.76. The number of imidazole rings is 1. The van der Waals surface area contributed by atoms with Gasteiger partial charge in [0.05, 0.1) is 12.4 Å². The highest BCUT2D eigenvalue weighted by Gasteiger charge is 2.10. The van der Waals surface area contributed by atoms with E-state index in [0.717, 1.165) is 16.9 Å². The van der Waals surface area contributed by atoms with Gasteiger partial charge in [-0.25, -0.2) is 4.98 Å². The summed E-state index contributed by atoms with van der Waals surface area (Å²) in [5, 5.41) is 3.05. The number of rotatable bonds is 6. The predicted molar refractivity (Wildman–Crippen MR) is 92.7 cm³/mol. The maximum absolute atomic E-state index is 12.2. The number of amides is 1. The smallest absolute Gasteiger partial charge is 0.220 e. The number of aryl methyl sites for hydroxylation is 1. The van der Waals surface area contributed by atoms with Crippen molar-refractivity contribution in [1.82, 2.24) is 19.9 Å². The van der Waals surface area contributed by atoms with Crippen LogP contribution < -0.4 is 5.32 Å². The Kier molecular flexibility index (Phi) is 5.01. The zero-order chi connectivity index (χ0) is 16.8. The van der Waals surface area contributed by atoms with Crippen LogP contribution in [0.25, 0.3) is 5.69 Å². The van der Waals surface area contributed by atoms with Gasteiger partial charge in [-0.15, -0.1) is 0 Å². The fourth-order valence-electron chi connectivity index (χ4n) is 2.55. The molecule has 0 bridgehead atoms. The number of nitrogens with zero attached hydrogens (tertiary/aromatic N) is 3. The molecule has 0 saturated heterocycles. The zero-order valence-electron chi connectivity index (χ0n) is 13.6. The Bertz CT molecular complexity index is 784. The van der Waals surface area contributed by atoms with Crippen molar-refractivity contribution in [2.75, 3.05) is 0 Å². The van der Waals surface area contributed by atoms with Crippen LogP contribution in [0.4, 0.5) is 0 Å². The minimum Gasteiger partial charge on any atom is -0.350 e. The molecule has 122 valence electrons. The number of pyridine rings is 1. The van der Waals surface area contributed by atoms with E-state index in [-0.39, 0.29) is 11.9 Å². The van der Waals surface area contributed by atoms with Gasteiger partial charge in [0.2, 0.25) is 5.91 Å². The van der Waals surface area contributed by atoms with E-state index in [1.807, 2.05) is 54.1 Å². The molecule has 0 aliphatic carbocycles. The van der Waals surface area contributed by atoms with E-state index in [4.69, 9.17) is 0 Å². The summed E-state index contributed by atoms with van der Waals surface area (Å²) in [4.78, 5) is 20.5. The quantitative estimate of drug-likeness (QED) is 0.759. The van der Waals surface area contributed by atoms with Crippen molar-refractivity contribution in [2.24, 2.45) is 0 Å². The third-order valence-electron chi connectivity index (χ3n) is 3.88. The first-order valence-electron chi connectivity index (χ1n) is 8.00. The molecule has 0 fully saturated rings. The summed E-state index contributed by atoms with van der Waals surface area (Å²) < 4.78 is 1.94. The van der Waals surface area contributed by atoms with E-state index >= 15 is 0 Å². The number of benzene rings is 1. The van der Waals surface area contributed by atoms with Crippen LogP contribution in [0.15, 0.2) is 67.4 Å². The van der Waals surface area contributed by atoms with Crippen molar-refractivity contribution in [3.8, 4) is 5.69 Å². The lowest BCUT2D eigenvalue weighted by molar-refractivity contribution is -0.121. The fourth-order valence-corrected chi connectivity index (χ4v) is 2.55. The fraction of sp³-hybridized carbons (Fsp3) is 0.211. The van der Waals surface area contributed by atoms with E-state index < -0.39 is 0 Å². The van der Waals surface area contributed by atoms with Crippen molar-refractivity contribution in [3.63, 3.8) is 0 Å². The lowest BCUT2D eigenvalue weighted by Gasteiger charge is -2.15. The van der Waals surface area contributed by atoms with Gasteiger partial charge in [-0.05, 0) is 43.2 Å². The summed E-state index contributed by atoms with van der Waals surface area (Å²) in [5.41, 5.74) is 3.02. The maximum Gasteiger partial charge on any atom is 0.220 e. The Balaban J connectivity index is 1.59. The highest BCUT2D eigenvalue weighted by Crippen LogP contribution is 2.17. The number of carbonyl (C=O) groups is 1. The molecule has 3 rings (SSSR count). The van der Waals surface area contributed by atoms with E-state index in [1.54, 1.807) is 18.7 Å². The summed E-state index contributed by atoms with van der Waals surface area (Å²) in [7, 11) is 0. The minimum absolute atomic E-state index is 0.0289. The largest absolute Gasteiger partial charge is 0.350 e. The van der Waals surface area contributed by atoms with Crippen molar-refractivity contribution in [1.29, 1.82) is 0 Å². The molecule has 0 spiro atoms. The van der Waals surface area contributed by atoms with Crippen molar-refractivity contribution in [3.05, 3.63) is 78.6 Å². The van der Waals surface area contributed by atoms with Gasteiger partial charge in [0.15, 0.2) is 0 Å². The summed E-state index contributed by atoms with van der Waals surface area (Å²) in [6, 6.07) is 13.8. The Morgan fingerprint density at radius 2 is 2.12 bits per heavy atom. The van der Waals surface area contributed by atoms with Crippen molar-refractivity contribution >= 4 is 5.91 Å². The molecule has 0 unspecified atom stereocenters. The second-order valence-corrected chi connectivity index (χ2v) is 5.68. The molecule has 1 N–H and O–H groups in total. The SMILES string of the molecule is C[C@H](NC(=O)CCc1ccccn1)c1cccc(-n2ccnc2)c1. The first kappa shape index (κ1) is 15.9. The van der Waals surface area contributed by atoms with Crippen LogP contribution in [0.2, 0.25) is 0 Å². The first-order chi connectivity index (χ1) is 11.7. The molecule has 0 saturated carbocycles. The first-order valence-corrected chi connectivity index (χ1v) is 8.00. The van der Waals surface area contributed by atoms with Crippen molar-refractivity contribution < 1.29 is 4.79 Å². The van der Waals surface area contributed by atoms with Gasteiger partial charge in [-0.2, -0.15) is 0 Å². The zero-order valence-corrected chi connectivity index (χ0v) is 13.6. The molecule has 0 aliphatic heterocycles. The molecular formula is C19H20N4O. The van der Waals surface area contributed by atoms with Gasteiger partial charge in [0, 0.05) is 36.4 Å². The third-order valence-corrected chi connectivity index (χ3v) is 3.88. The van der Waals surface area contributed by atoms with Gasteiger partial charge in [0.1, 0.15) is 0 Å². The number of hydrogen-bond donors (Lipinski definition) is 1. The Morgan fingerprint density at radius 1 is 1.21 bits per heavy atom. The molecule has 3 aromatic rings. The average Bonchev–Trinajstić information content (AvgIpc) is 3.16. The van der Waals surface area contributed by atoms with Crippen LogP contribution in [-0.2, 0) is 11.2 Å². The normalized spacial score (nSPS) is 11.9. The number of aromatic nitrogens is 3. The molecule has 1 atom stereocenters. The minimum atomic E-state index is -0.0512. The molecule has 2 aromatic heterocycles. The van der Waals surface area contributed by atoms with Crippen LogP contribution in [-0.4, -0.2) is 20.4 Å². The summed E-state index contributed by atoms with van der Waals surface area (Å²) >= 11 is 0. The van der Waals surface area contributed by atoms with E-state index in [0.29, 0.717) is 12.8 Å². The molecule has 1 amide bonds. The topological polar surface area (TPSA) is 59.8 Å². The van der Waals surface area contributed by atoms with Gasteiger partial charge in [0.25, 0.3) is 0 Å². The number of nitrogens with one attached hydrogen (secondary N) is 1. The third kappa shape index (κ3) is 4.07. The second kappa shape index (κ2) is 7.55. The molecule has 2 heterocycles. The lowest BCUT2D eigenvalue weighted by Crippen LogP contribution is -2.27. The molecule has 24 heavy (non-hydrogen) atoms. The van der Waals surface area contributed by atoms with Gasteiger partial charge in [-0.1, -0.05) is 18.2 Å². The van der Waals surface area contributed by atoms with Crippen molar-refractivity contribution in [2.45, 2.75) is 25.8 Å². The Hall–Kier alpha value is -2.95. The lowest BCUT2D eigenvalue weighted by atomic mass is 10.1. The van der Waals surface area contributed by atoms with Crippen LogP contribution in [0.5, 0.6) is 0 Å². The molecular weight excluding hydrogens is 300 g/mol. The Morgan fingerprint density at radius 3 is 2.88 bits per heavy atom. The molecule has 0 aliphatic rings. The molecule has 1 aromatic carbocycles. The highest BCUT2D eigenvalue weighted by atomic mass is 16.1. The number of carbonyl (C=O) groups excluding carboxylic acids is 1. The van der Waals surface area contributed by atoms with Crippen LogP contribution >= 0.6 is 0 Å². The van der Waals surface area contributed by atoms with Gasteiger partial charge < -0.3 is 9.88 Å². The van der Waals surface area contributed by atoms with Gasteiger partial charge in [-0.3, -0.25) is 9.78 Å². The average molecular weight is 320 g/mol. The Labute approximate surface area is 141 Å². The molecule has 5 nitrogen and oxygen atoms in total. The van der Waals surface area contributed by atoms with E-state index in [9.17, 15) is 4.79 Å². The summed E-state index contributed by atoms with van der Waals surface area (Å²) in [5.74, 6) is 0.0289. The van der Waals surface area contributed by atoms with Crippen LogP contribution in [0.3, 0.4) is 0 Å². The monoisotopic (exact) mass is 320 g/mol. The van der Waals surface area contributed by atoms with E-state index in [1.165, 1.54) is 0 Å². The number of hydrogen-bond acceptors (Lipinski definition) is 3.